The van der Waals surface area contributed by atoms with Crippen LogP contribution in [0.15, 0.2) is 71.3 Å². The summed E-state index contributed by atoms with van der Waals surface area (Å²) < 4.78 is 7.13. The number of benzene rings is 2. The van der Waals surface area contributed by atoms with Crippen LogP contribution in [-0.4, -0.2) is 39.1 Å². The summed E-state index contributed by atoms with van der Waals surface area (Å²) in [5, 5.41) is 11.2. The molecule has 0 saturated heterocycles. The van der Waals surface area contributed by atoms with E-state index < -0.39 is 6.04 Å². The summed E-state index contributed by atoms with van der Waals surface area (Å²) in [6.07, 6.45) is 2.26. The molecule has 2 aromatic heterocycles. The summed E-state index contributed by atoms with van der Waals surface area (Å²) in [7, 11) is 0. The van der Waals surface area contributed by atoms with E-state index in [0.717, 1.165) is 6.42 Å². The minimum absolute atomic E-state index is 0.0949. The Hall–Kier alpha value is -4.27. The average molecular weight is 488 g/mol. The normalized spacial score (nSPS) is 12.0. The van der Waals surface area contributed by atoms with Crippen molar-refractivity contribution in [3.63, 3.8) is 0 Å². The average Bonchev–Trinajstić information content (AvgIpc) is 3.53. The lowest BCUT2D eigenvalue weighted by molar-refractivity contribution is -0.127. The predicted molar refractivity (Wildman–Crippen MR) is 135 cm³/mol. The van der Waals surface area contributed by atoms with E-state index in [4.69, 9.17) is 4.42 Å². The largest absolute Gasteiger partial charge is 0.467 e. The molecule has 0 spiro atoms. The number of nitrogens with zero attached hydrogens (tertiary/aromatic N) is 4. The zero-order valence-corrected chi connectivity index (χ0v) is 20.5. The van der Waals surface area contributed by atoms with Crippen molar-refractivity contribution in [2.75, 3.05) is 11.4 Å². The SMILES string of the molecule is CC(=O)c1ccc(N(C(=O)Cn2nnc3ccccc32)C(C(=O)NCCC(C)C)c2ccco2)cc1. The maximum absolute atomic E-state index is 13.8. The van der Waals surface area contributed by atoms with E-state index in [-0.39, 0.29) is 24.1 Å². The highest BCUT2D eigenvalue weighted by Gasteiger charge is 2.35. The van der Waals surface area contributed by atoms with Gasteiger partial charge < -0.3 is 9.73 Å². The van der Waals surface area contributed by atoms with Crippen molar-refractivity contribution < 1.29 is 18.8 Å². The first-order valence-electron chi connectivity index (χ1n) is 11.9. The monoisotopic (exact) mass is 487 g/mol. The molecule has 9 nitrogen and oxygen atoms in total. The van der Waals surface area contributed by atoms with Gasteiger partial charge in [-0.1, -0.05) is 31.2 Å². The molecule has 4 aromatic rings. The van der Waals surface area contributed by atoms with E-state index in [1.165, 1.54) is 22.8 Å². The first-order chi connectivity index (χ1) is 17.3. The summed E-state index contributed by atoms with van der Waals surface area (Å²) in [6, 6.07) is 16.2. The van der Waals surface area contributed by atoms with Crippen LogP contribution in [0.3, 0.4) is 0 Å². The lowest BCUT2D eigenvalue weighted by Crippen LogP contribution is -2.45. The van der Waals surface area contributed by atoms with Gasteiger partial charge in [0, 0.05) is 17.8 Å². The van der Waals surface area contributed by atoms with Gasteiger partial charge in [-0.3, -0.25) is 19.3 Å². The molecule has 1 atom stereocenters. The van der Waals surface area contributed by atoms with Crippen LogP contribution >= 0.6 is 0 Å². The number of ketones is 1. The van der Waals surface area contributed by atoms with Crippen molar-refractivity contribution >= 4 is 34.3 Å². The van der Waals surface area contributed by atoms with E-state index in [1.54, 1.807) is 36.4 Å². The molecule has 2 aromatic carbocycles. The number of furan rings is 1. The van der Waals surface area contributed by atoms with E-state index in [9.17, 15) is 14.4 Å². The Morgan fingerprint density at radius 3 is 2.44 bits per heavy atom. The Bertz CT molecular complexity index is 1340. The minimum Gasteiger partial charge on any atom is -0.467 e. The number of Topliss-reactive ketones (excluding diaryl/α,β-unsaturated/α-hetero) is 1. The summed E-state index contributed by atoms with van der Waals surface area (Å²) in [5.74, 6) is -0.114. The third kappa shape index (κ3) is 5.51. The predicted octanol–water partition coefficient (Wildman–Crippen LogP) is 4.16. The second-order valence-corrected chi connectivity index (χ2v) is 8.99. The number of para-hydroxylation sites is 1. The van der Waals surface area contributed by atoms with Gasteiger partial charge in [0.05, 0.1) is 11.8 Å². The Labute approximate surface area is 209 Å². The van der Waals surface area contributed by atoms with Gasteiger partial charge in [0.1, 0.15) is 17.8 Å². The highest BCUT2D eigenvalue weighted by molar-refractivity contribution is 6.02. The quantitative estimate of drug-likeness (QED) is 0.336. The lowest BCUT2D eigenvalue weighted by Gasteiger charge is -2.30. The molecule has 36 heavy (non-hydrogen) atoms. The first kappa shape index (κ1) is 24.8. The maximum Gasteiger partial charge on any atom is 0.251 e. The highest BCUT2D eigenvalue weighted by Crippen LogP contribution is 2.29. The Morgan fingerprint density at radius 1 is 1.03 bits per heavy atom. The second-order valence-electron chi connectivity index (χ2n) is 8.99. The van der Waals surface area contributed by atoms with Gasteiger partial charge >= 0.3 is 0 Å². The summed E-state index contributed by atoms with van der Waals surface area (Å²) in [6.45, 7) is 5.94. The number of carbonyl (C=O) groups is 3. The van der Waals surface area contributed by atoms with Crippen LogP contribution in [-0.2, 0) is 16.1 Å². The number of nitrogens with one attached hydrogen (secondary N) is 1. The zero-order valence-electron chi connectivity index (χ0n) is 20.5. The Kier molecular flexibility index (Phi) is 7.58. The third-order valence-corrected chi connectivity index (χ3v) is 5.87. The fraction of sp³-hybridized carbons (Fsp3) is 0.296. The fourth-order valence-electron chi connectivity index (χ4n) is 3.93. The molecule has 0 aliphatic rings. The number of carbonyl (C=O) groups excluding carboxylic acids is 3. The number of fused-ring (bicyclic) bond motifs is 1. The van der Waals surface area contributed by atoms with Crippen LogP contribution in [0.25, 0.3) is 11.0 Å². The van der Waals surface area contributed by atoms with Gasteiger partial charge in [0.25, 0.3) is 5.91 Å². The molecule has 0 radical (unpaired) electrons. The number of amides is 2. The maximum atomic E-state index is 13.8. The van der Waals surface area contributed by atoms with Gasteiger partial charge in [-0.25, -0.2) is 4.68 Å². The van der Waals surface area contributed by atoms with Gasteiger partial charge in [-0.2, -0.15) is 0 Å². The fourth-order valence-corrected chi connectivity index (χ4v) is 3.93. The van der Waals surface area contributed by atoms with E-state index in [1.807, 2.05) is 24.3 Å². The van der Waals surface area contributed by atoms with Crippen LogP contribution in [0.5, 0.6) is 0 Å². The van der Waals surface area contributed by atoms with E-state index in [0.29, 0.717) is 40.5 Å². The standard InChI is InChI=1S/C27H29N5O4/c1-18(2)14-15-28-27(35)26(24-9-6-16-36-24)32(21-12-10-20(11-13-21)19(3)33)25(34)17-31-23-8-5-4-7-22(23)29-30-31/h4-13,16,18,26H,14-15,17H2,1-3H3,(H,28,35). The molecule has 0 saturated carbocycles. The van der Waals surface area contributed by atoms with Crippen molar-refractivity contribution in [3.8, 4) is 0 Å². The summed E-state index contributed by atoms with van der Waals surface area (Å²) >= 11 is 0. The van der Waals surface area contributed by atoms with Crippen molar-refractivity contribution in [2.24, 2.45) is 5.92 Å². The zero-order chi connectivity index (χ0) is 25.7. The molecule has 0 aliphatic carbocycles. The van der Waals surface area contributed by atoms with Crippen LogP contribution in [0.4, 0.5) is 5.69 Å². The van der Waals surface area contributed by atoms with Crippen LogP contribution in [0.1, 0.15) is 49.4 Å². The molecular formula is C27H29N5O4. The molecular weight excluding hydrogens is 458 g/mol. The molecule has 2 heterocycles. The van der Waals surface area contributed by atoms with Gasteiger partial charge in [0.15, 0.2) is 11.8 Å². The molecule has 1 unspecified atom stereocenters. The Balaban J connectivity index is 1.73. The van der Waals surface area contributed by atoms with Crippen LogP contribution in [0, 0.1) is 5.92 Å². The van der Waals surface area contributed by atoms with E-state index in [2.05, 4.69) is 29.5 Å². The Morgan fingerprint density at radius 2 is 1.78 bits per heavy atom. The highest BCUT2D eigenvalue weighted by atomic mass is 16.3. The number of rotatable bonds is 10. The molecule has 1 N–H and O–H groups in total. The molecule has 0 bridgehead atoms. The topological polar surface area (TPSA) is 110 Å². The van der Waals surface area contributed by atoms with Gasteiger partial charge in [-0.15, -0.1) is 5.10 Å². The van der Waals surface area contributed by atoms with Crippen LogP contribution < -0.4 is 10.2 Å². The van der Waals surface area contributed by atoms with Crippen LogP contribution in [0.2, 0.25) is 0 Å². The third-order valence-electron chi connectivity index (χ3n) is 5.87. The molecule has 0 fully saturated rings. The van der Waals surface area contributed by atoms with Crippen molar-refractivity contribution in [1.29, 1.82) is 0 Å². The molecule has 9 heteroatoms. The van der Waals surface area contributed by atoms with Gasteiger partial charge in [0.2, 0.25) is 5.91 Å². The summed E-state index contributed by atoms with van der Waals surface area (Å²) in [4.78, 5) is 40.5. The minimum atomic E-state index is -1.06. The summed E-state index contributed by atoms with van der Waals surface area (Å²) in [5.41, 5.74) is 2.32. The van der Waals surface area contributed by atoms with Gasteiger partial charge in [-0.05, 0) is 67.8 Å². The van der Waals surface area contributed by atoms with Crippen molar-refractivity contribution in [3.05, 3.63) is 78.3 Å². The molecule has 186 valence electrons. The number of anilines is 1. The number of hydrogen-bond donors (Lipinski definition) is 1. The number of hydrogen-bond acceptors (Lipinski definition) is 6. The first-order valence-corrected chi connectivity index (χ1v) is 11.9. The van der Waals surface area contributed by atoms with Crippen molar-refractivity contribution in [1.82, 2.24) is 20.3 Å². The molecule has 0 aliphatic heterocycles. The van der Waals surface area contributed by atoms with E-state index >= 15 is 0 Å². The smallest absolute Gasteiger partial charge is 0.251 e. The molecule has 4 rings (SSSR count). The number of aromatic nitrogens is 3. The molecule has 2 amide bonds. The van der Waals surface area contributed by atoms with Crippen molar-refractivity contribution in [2.45, 2.75) is 39.8 Å². The second kappa shape index (κ2) is 11.0. The lowest BCUT2D eigenvalue weighted by atomic mass is 10.1.